The Morgan fingerprint density at radius 3 is 2.39 bits per heavy atom. The zero-order chi connectivity index (χ0) is 25.3. The summed E-state index contributed by atoms with van der Waals surface area (Å²) >= 11 is 0. The normalized spacial score (nSPS) is 12.6. The monoisotopic (exact) mass is 476 g/mol. The molecule has 0 N–H and O–H groups in total. The van der Waals surface area contributed by atoms with Gasteiger partial charge in [0.25, 0.3) is 0 Å². The molecule has 2 heterocycles. The molecule has 0 aliphatic heterocycles. The first-order chi connectivity index (χ1) is 17.3. The molecule has 0 fully saturated rings. The number of aromatic nitrogens is 2. The third kappa shape index (κ3) is 5.03. The maximum atomic E-state index is 6.29. The van der Waals surface area contributed by atoms with Gasteiger partial charge in [0.2, 0.25) is 0 Å². The van der Waals surface area contributed by atoms with E-state index in [2.05, 4.69) is 99.4 Å². The van der Waals surface area contributed by atoms with Crippen molar-refractivity contribution < 1.29 is 9.15 Å². The molecule has 0 saturated heterocycles. The number of pyridine rings is 1. The lowest BCUT2D eigenvalue weighted by Gasteiger charge is -2.33. The van der Waals surface area contributed by atoms with Crippen LogP contribution in [0.2, 0.25) is 0 Å². The Morgan fingerprint density at radius 1 is 0.861 bits per heavy atom. The van der Waals surface area contributed by atoms with E-state index in [-0.39, 0.29) is 11.3 Å². The van der Waals surface area contributed by atoms with Gasteiger partial charge >= 0.3 is 0 Å². The van der Waals surface area contributed by atoms with Crippen molar-refractivity contribution in [3.63, 3.8) is 0 Å². The summed E-state index contributed by atoms with van der Waals surface area (Å²) in [6, 6.07) is 27.4. The van der Waals surface area contributed by atoms with Gasteiger partial charge in [-0.1, -0.05) is 68.8 Å². The van der Waals surface area contributed by atoms with Gasteiger partial charge < -0.3 is 9.15 Å². The Kier molecular flexibility index (Phi) is 6.36. The molecule has 0 spiro atoms. The highest BCUT2D eigenvalue weighted by Gasteiger charge is 2.31. The van der Waals surface area contributed by atoms with Gasteiger partial charge in [-0.05, 0) is 59.9 Å². The zero-order valence-electron chi connectivity index (χ0n) is 21.6. The van der Waals surface area contributed by atoms with E-state index in [9.17, 15) is 0 Å². The highest BCUT2D eigenvalue weighted by molar-refractivity contribution is 5.79. The molecule has 0 bridgehead atoms. The highest BCUT2D eigenvalue weighted by Crippen LogP contribution is 2.45. The standard InChI is InChI=1S/C32H32N2O2/c1-21-11-16-29-24(17-21)12-13-25(34-29)19-36-26-14-15-27(30-20-35-22(2)33-30)28(18-26)31(32(3,4)5)23-9-7-6-8-10-23/h6-18,20,31H,19H2,1-5H3. The Balaban J connectivity index is 1.52. The van der Waals surface area contributed by atoms with Crippen LogP contribution in [0.4, 0.5) is 0 Å². The molecule has 182 valence electrons. The fourth-order valence-electron chi connectivity index (χ4n) is 4.91. The van der Waals surface area contributed by atoms with Crippen LogP contribution in [-0.4, -0.2) is 9.97 Å². The Labute approximate surface area is 213 Å². The maximum Gasteiger partial charge on any atom is 0.191 e. The highest BCUT2D eigenvalue weighted by atomic mass is 16.5. The molecule has 0 amide bonds. The predicted octanol–water partition coefficient (Wildman–Crippen LogP) is 8.26. The molecular weight excluding hydrogens is 444 g/mol. The number of nitrogens with zero attached hydrogens (tertiary/aromatic N) is 2. The summed E-state index contributed by atoms with van der Waals surface area (Å²) in [4.78, 5) is 9.44. The number of hydrogen-bond acceptors (Lipinski definition) is 4. The summed E-state index contributed by atoms with van der Waals surface area (Å²) < 4.78 is 11.9. The first-order valence-corrected chi connectivity index (χ1v) is 12.4. The van der Waals surface area contributed by atoms with Gasteiger partial charge in [0.15, 0.2) is 5.89 Å². The fourth-order valence-corrected chi connectivity index (χ4v) is 4.91. The summed E-state index contributed by atoms with van der Waals surface area (Å²) in [5.41, 5.74) is 7.40. The van der Waals surface area contributed by atoms with Crippen LogP contribution in [0.15, 0.2) is 89.5 Å². The quantitative estimate of drug-likeness (QED) is 0.247. The fraction of sp³-hybridized carbons (Fsp3) is 0.250. The van der Waals surface area contributed by atoms with E-state index in [1.807, 2.05) is 19.1 Å². The number of fused-ring (bicyclic) bond motifs is 1. The molecule has 2 aromatic heterocycles. The summed E-state index contributed by atoms with van der Waals surface area (Å²) in [5.74, 6) is 1.60. The smallest absolute Gasteiger partial charge is 0.191 e. The summed E-state index contributed by atoms with van der Waals surface area (Å²) in [7, 11) is 0. The first kappa shape index (κ1) is 23.8. The molecule has 1 atom stereocenters. The van der Waals surface area contributed by atoms with Crippen LogP contribution in [0.3, 0.4) is 0 Å². The largest absolute Gasteiger partial charge is 0.487 e. The number of ether oxygens (including phenoxy) is 1. The zero-order valence-corrected chi connectivity index (χ0v) is 21.6. The van der Waals surface area contributed by atoms with Crippen LogP contribution in [0.5, 0.6) is 5.75 Å². The third-order valence-electron chi connectivity index (χ3n) is 6.52. The Hall–Kier alpha value is -3.92. The van der Waals surface area contributed by atoms with E-state index in [0.29, 0.717) is 12.5 Å². The van der Waals surface area contributed by atoms with E-state index in [1.54, 1.807) is 6.26 Å². The predicted molar refractivity (Wildman–Crippen MR) is 145 cm³/mol. The topological polar surface area (TPSA) is 48.2 Å². The van der Waals surface area contributed by atoms with Crippen LogP contribution in [0, 0.1) is 19.3 Å². The molecule has 0 aliphatic rings. The van der Waals surface area contributed by atoms with Gasteiger partial charge in [0.05, 0.1) is 11.2 Å². The van der Waals surface area contributed by atoms with Crippen LogP contribution in [0.1, 0.15) is 55.0 Å². The van der Waals surface area contributed by atoms with E-state index >= 15 is 0 Å². The van der Waals surface area contributed by atoms with Crippen LogP contribution in [0.25, 0.3) is 22.2 Å². The lowest BCUT2D eigenvalue weighted by Crippen LogP contribution is -2.20. The summed E-state index contributed by atoms with van der Waals surface area (Å²) in [6.45, 7) is 11.2. The van der Waals surface area contributed by atoms with Crippen molar-refractivity contribution in [3.05, 3.63) is 113 Å². The van der Waals surface area contributed by atoms with Crippen molar-refractivity contribution in [1.82, 2.24) is 9.97 Å². The molecule has 3 aromatic carbocycles. The molecule has 5 rings (SSSR count). The number of benzene rings is 3. The van der Waals surface area contributed by atoms with Crippen LogP contribution >= 0.6 is 0 Å². The molecule has 0 aliphatic carbocycles. The van der Waals surface area contributed by atoms with Crippen LogP contribution in [-0.2, 0) is 6.61 Å². The van der Waals surface area contributed by atoms with Crippen molar-refractivity contribution in [1.29, 1.82) is 0 Å². The van der Waals surface area contributed by atoms with Gasteiger partial charge in [-0.15, -0.1) is 0 Å². The van der Waals surface area contributed by atoms with Gasteiger partial charge in [-0.25, -0.2) is 9.97 Å². The minimum atomic E-state index is -0.0362. The average Bonchev–Trinajstić information content (AvgIpc) is 3.28. The molecular formula is C32H32N2O2. The van der Waals surface area contributed by atoms with Crippen molar-refractivity contribution in [2.24, 2.45) is 5.41 Å². The summed E-state index contributed by atoms with van der Waals surface area (Å²) in [5, 5.41) is 1.14. The molecule has 1 unspecified atom stereocenters. The van der Waals surface area contributed by atoms with Crippen molar-refractivity contribution in [2.45, 2.75) is 47.1 Å². The second kappa shape index (κ2) is 9.62. The molecule has 0 radical (unpaired) electrons. The first-order valence-electron chi connectivity index (χ1n) is 12.4. The molecule has 5 aromatic rings. The lowest BCUT2D eigenvalue weighted by molar-refractivity contribution is 0.300. The molecule has 4 nitrogen and oxygen atoms in total. The SMILES string of the molecule is Cc1ccc2nc(COc3ccc(-c4coc(C)n4)c(C(c4ccccc4)C(C)(C)C)c3)ccc2c1. The minimum absolute atomic E-state index is 0.0362. The lowest BCUT2D eigenvalue weighted by atomic mass is 9.71. The van der Waals surface area contributed by atoms with Gasteiger partial charge in [-0.2, -0.15) is 0 Å². The number of hydrogen-bond donors (Lipinski definition) is 0. The van der Waals surface area contributed by atoms with E-state index in [4.69, 9.17) is 14.1 Å². The maximum absolute atomic E-state index is 6.29. The molecule has 36 heavy (non-hydrogen) atoms. The van der Waals surface area contributed by atoms with Crippen molar-refractivity contribution >= 4 is 10.9 Å². The average molecular weight is 477 g/mol. The van der Waals surface area contributed by atoms with Crippen molar-refractivity contribution in [2.75, 3.05) is 0 Å². The van der Waals surface area contributed by atoms with Crippen molar-refractivity contribution in [3.8, 4) is 17.0 Å². The van der Waals surface area contributed by atoms with Gasteiger partial charge in [-0.3, -0.25) is 0 Å². The molecule has 4 heteroatoms. The minimum Gasteiger partial charge on any atom is -0.487 e. The number of aryl methyl sites for hydroxylation is 2. The van der Waals surface area contributed by atoms with Gasteiger partial charge in [0.1, 0.15) is 24.3 Å². The number of oxazole rings is 1. The summed E-state index contributed by atoms with van der Waals surface area (Å²) in [6.07, 6.45) is 1.74. The Bertz CT molecular complexity index is 1500. The van der Waals surface area contributed by atoms with E-state index < -0.39 is 0 Å². The third-order valence-corrected chi connectivity index (χ3v) is 6.52. The number of rotatable bonds is 6. The Morgan fingerprint density at radius 2 is 1.67 bits per heavy atom. The van der Waals surface area contributed by atoms with Crippen LogP contribution < -0.4 is 4.74 Å². The second-order valence-electron chi connectivity index (χ2n) is 10.5. The second-order valence-corrected chi connectivity index (χ2v) is 10.5. The van der Waals surface area contributed by atoms with E-state index in [1.165, 1.54) is 16.7 Å². The van der Waals surface area contributed by atoms with Gasteiger partial charge in [0, 0.05) is 23.8 Å². The van der Waals surface area contributed by atoms with E-state index in [0.717, 1.165) is 33.6 Å². The molecule has 0 saturated carbocycles.